The number of carbonyl (C=O) groups is 1. The van der Waals surface area contributed by atoms with Crippen LogP contribution in [-0.4, -0.2) is 29.0 Å². The minimum absolute atomic E-state index is 0.326. The van der Waals surface area contributed by atoms with E-state index in [4.69, 9.17) is 33.8 Å². The lowest BCUT2D eigenvalue weighted by molar-refractivity contribution is -0.148. The first-order valence-corrected chi connectivity index (χ1v) is 12.7. The molecule has 4 N–H and O–H groups in total. The van der Waals surface area contributed by atoms with Crippen LogP contribution in [0.2, 0.25) is 10.0 Å². The van der Waals surface area contributed by atoms with Gasteiger partial charge in [0.2, 0.25) is 0 Å². The number of halogens is 2. The number of hydrazine groups is 1. The Labute approximate surface area is 230 Å². The molecule has 8 nitrogen and oxygen atoms in total. The van der Waals surface area contributed by atoms with Gasteiger partial charge >= 0.3 is 5.97 Å². The highest BCUT2D eigenvalue weighted by molar-refractivity contribution is 6.42. The van der Waals surface area contributed by atoms with Gasteiger partial charge in [-0.05, 0) is 34.9 Å². The fraction of sp³-hybridized carbons (Fsp3) is 0.179. The Morgan fingerprint density at radius 3 is 2.76 bits per heavy atom. The van der Waals surface area contributed by atoms with Crippen LogP contribution in [0.15, 0.2) is 83.6 Å². The molecule has 0 amide bonds. The second kappa shape index (κ2) is 11.0. The molecule has 0 saturated heterocycles. The molecule has 3 aromatic carbocycles. The number of aromatic amines is 1. The number of ether oxygens (including phenoxy) is 1. The van der Waals surface area contributed by atoms with Crippen LogP contribution in [0, 0.1) is 0 Å². The van der Waals surface area contributed by atoms with E-state index in [-0.39, 0.29) is 5.97 Å². The van der Waals surface area contributed by atoms with E-state index in [2.05, 4.69) is 38.4 Å². The van der Waals surface area contributed by atoms with Gasteiger partial charge in [-0.3, -0.25) is 9.69 Å². The number of carbonyl (C=O) groups excluding carboxylic acids is 1. The van der Waals surface area contributed by atoms with E-state index in [1.807, 2.05) is 54.6 Å². The van der Waals surface area contributed by atoms with Gasteiger partial charge in [0.1, 0.15) is 6.04 Å². The fourth-order valence-corrected chi connectivity index (χ4v) is 5.57. The minimum atomic E-state index is -0.570. The van der Waals surface area contributed by atoms with E-state index in [9.17, 15) is 4.79 Å². The number of methoxy groups -OCH3 is 1. The van der Waals surface area contributed by atoms with Gasteiger partial charge < -0.3 is 9.72 Å². The van der Waals surface area contributed by atoms with Crippen LogP contribution in [0.3, 0.4) is 0 Å². The summed E-state index contributed by atoms with van der Waals surface area (Å²) in [5, 5.41) is 9.52. The molecule has 2 heterocycles. The summed E-state index contributed by atoms with van der Waals surface area (Å²) < 4.78 is 5.30. The number of rotatable bonds is 7. The average molecular weight is 549 g/mol. The molecule has 0 unspecified atom stereocenters. The summed E-state index contributed by atoms with van der Waals surface area (Å²) in [5.74, 6) is 4.87. The molecule has 38 heavy (non-hydrogen) atoms. The summed E-state index contributed by atoms with van der Waals surface area (Å²) in [7, 11) is 1.41. The topological polar surface area (TPSA) is 108 Å². The van der Waals surface area contributed by atoms with Gasteiger partial charge in [-0.1, -0.05) is 83.5 Å². The molecule has 0 bridgehead atoms. The lowest BCUT2D eigenvalue weighted by Crippen LogP contribution is -2.48. The van der Waals surface area contributed by atoms with Crippen molar-refractivity contribution < 1.29 is 9.53 Å². The highest BCUT2D eigenvalue weighted by Crippen LogP contribution is 2.45. The molecule has 1 aliphatic rings. The summed E-state index contributed by atoms with van der Waals surface area (Å²) >= 11 is 13.3. The van der Waals surface area contributed by atoms with E-state index in [1.54, 1.807) is 6.07 Å². The van der Waals surface area contributed by atoms with Crippen molar-refractivity contribution in [2.45, 2.75) is 25.0 Å². The number of esters is 1. The van der Waals surface area contributed by atoms with Crippen molar-refractivity contribution in [3.63, 3.8) is 0 Å². The molecule has 1 aliphatic heterocycles. The predicted octanol–water partition coefficient (Wildman–Crippen LogP) is 5.97. The van der Waals surface area contributed by atoms with Crippen LogP contribution in [0.25, 0.3) is 16.6 Å². The SMILES string of the molecule is C=C(/N=N\NN)c1cccc(CN2[C@@H](c3cccc(Cl)c3Cl)c3[nH]c4ccccc4c3C[C@H]2C(=O)OC)c1. The number of para-hydroxylation sites is 1. The molecular weight excluding hydrogens is 523 g/mol. The van der Waals surface area contributed by atoms with Crippen molar-refractivity contribution in [2.75, 3.05) is 7.11 Å². The largest absolute Gasteiger partial charge is 0.468 e. The Balaban J connectivity index is 1.67. The number of H-pyrrole nitrogens is 1. The Kier molecular flexibility index (Phi) is 7.49. The third kappa shape index (κ3) is 4.79. The highest BCUT2D eigenvalue weighted by atomic mass is 35.5. The van der Waals surface area contributed by atoms with Gasteiger partial charge in [-0.25, -0.2) is 11.4 Å². The Hall–Kier alpha value is -3.69. The van der Waals surface area contributed by atoms with Gasteiger partial charge in [-0.2, -0.15) is 0 Å². The first-order valence-electron chi connectivity index (χ1n) is 11.9. The molecule has 4 aromatic rings. The van der Waals surface area contributed by atoms with Crippen LogP contribution in [0.5, 0.6) is 0 Å². The number of fused-ring (bicyclic) bond motifs is 3. The van der Waals surface area contributed by atoms with Gasteiger partial charge in [0.15, 0.2) is 0 Å². The third-order valence-electron chi connectivity index (χ3n) is 6.85. The van der Waals surface area contributed by atoms with Crippen LogP contribution in [-0.2, 0) is 22.5 Å². The number of nitrogens with two attached hydrogens (primary N) is 1. The quantitative estimate of drug-likeness (QED) is 0.114. The zero-order valence-corrected chi connectivity index (χ0v) is 22.1. The number of benzene rings is 3. The van der Waals surface area contributed by atoms with Crippen LogP contribution >= 0.6 is 23.2 Å². The Bertz CT molecular complexity index is 1550. The zero-order chi connectivity index (χ0) is 26.8. The molecular formula is C28H26Cl2N6O2. The standard InChI is InChI=1S/C28H26Cl2N6O2/c1-16(33-35-34-31)18-8-5-7-17(13-18)15-36-24(28(37)38-2)14-21-19-9-3-4-12-23(19)32-26(21)27(36)20-10-6-11-22(29)25(20)30/h3-13,24,27,32H,1,14-15H2,2H3,(H2,31,35)(H,33,34)/t24-,27-/m0/s1. The number of hydrogen-bond donors (Lipinski definition) is 3. The number of nitrogens with zero attached hydrogens (tertiary/aromatic N) is 3. The molecule has 0 aliphatic carbocycles. The lowest BCUT2D eigenvalue weighted by atomic mass is 9.87. The van der Waals surface area contributed by atoms with E-state index in [1.165, 1.54) is 7.11 Å². The average Bonchev–Trinajstić information content (AvgIpc) is 3.31. The first-order chi connectivity index (χ1) is 18.4. The van der Waals surface area contributed by atoms with E-state index in [0.29, 0.717) is 28.7 Å². The summed E-state index contributed by atoms with van der Waals surface area (Å²) in [6.45, 7) is 4.38. The molecule has 0 saturated carbocycles. The maximum absolute atomic E-state index is 13.3. The van der Waals surface area contributed by atoms with Crippen LogP contribution in [0.1, 0.15) is 34.0 Å². The number of aromatic nitrogens is 1. The van der Waals surface area contributed by atoms with Crippen molar-refractivity contribution >= 4 is 45.8 Å². The normalized spacial score (nSPS) is 17.5. The summed E-state index contributed by atoms with van der Waals surface area (Å²) in [5.41, 5.74) is 8.12. The van der Waals surface area contributed by atoms with Crippen molar-refractivity contribution in [1.82, 2.24) is 15.4 Å². The van der Waals surface area contributed by atoms with Gasteiger partial charge in [0.05, 0.1) is 28.9 Å². The fourth-order valence-electron chi connectivity index (χ4n) is 5.16. The van der Waals surface area contributed by atoms with E-state index < -0.39 is 12.1 Å². The van der Waals surface area contributed by atoms with Crippen molar-refractivity contribution in [2.24, 2.45) is 16.2 Å². The molecule has 0 radical (unpaired) electrons. The summed E-state index contributed by atoms with van der Waals surface area (Å²) in [4.78, 5) is 19.0. The predicted molar refractivity (Wildman–Crippen MR) is 149 cm³/mol. The van der Waals surface area contributed by atoms with E-state index in [0.717, 1.165) is 38.9 Å². The molecule has 0 fully saturated rings. The number of nitrogens with one attached hydrogen (secondary N) is 2. The second-order valence-corrected chi connectivity index (χ2v) is 9.79. The van der Waals surface area contributed by atoms with Crippen molar-refractivity contribution in [1.29, 1.82) is 0 Å². The van der Waals surface area contributed by atoms with Crippen LogP contribution < -0.4 is 11.4 Å². The molecule has 10 heteroatoms. The molecule has 5 rings (SSSR count). The maximum atomic E-state index is 13.3. The number of hydrogen-bond acceptors (Lipinski definition) is 6. The molecule has 2 atom stereocenters. The minimum Gasteiger partial charge on any atom is -0.468 e. The van der Waals surface area contributed by atoms with Crippen LogP contribution in [0.4, 0.5) is 0 Å². The zero-order valence-electron chi connectivity index (χ0n) is 20.6. The van der Waals surface area contributed by atoms with Gasteiger partial charge in [-0.15, -0.1) is 5.11 Å². The second-order valence-electron chi connectivity index (χ2n) is 9.00. The third-order valence-corrected chi connectivity index (χ3v) is 7.69. The highest BCUT2D eigenvalue weighted by Gasteiger charge is 2.42. The maximum Gasteiger partial charge on any atom is 0.323 e. The molecule has 0 spiro atoms. The van der Waals surface area contributed by atoms with E-state index >= 15 is 0 Å². The molecule has 1 aromatic heterocycles. The summed E-state index contributed by atoms with van der Waals surface area (Å²) in [6.07, 6.45) is 0.476. The van der Waals surface area contributed by atoms with Gasteiger partial charge in [0.25, 0.3) is 0 Å². The summed E-state index contributed by atoms with van der Waals surface area (Å²) in [6, 6.07) is 20.4. The first kappa shape index (κ1) is 25.9. The van der Waals surface area contributed by atoms with Gasteiger partial charge in [0, 0.05) is 35.1 Å². The lowest BCUT2D eigenvalue weighted by Gasteiger charge is -2.41. The Morgan fingerprint density at radius 2 is 1.97 bits per heavy atom. The van der Waals surface area contributed by atoms with Crippen molar-refractivity contribution in [3.8, 4) is 0 Å². The van der Waals surface area contributed by atoms with Crippen molar-refractivity contribution in [3.05, 3.63) is 111 Å². The Morgan fingerprint density at radius 1 is 1.18 bits per heavy atom. The molecule has 194 valence electrons. The monoisotopic (exact) mass is 548 g/mol. The smallest absolute Gasteiger partial charge is 0.323 e.